The highest BCUT2D eigenvalue weighted by Gasteiger charge is 2.45. The summed E-state index contributed by atoms with van der Waals surface area (Å²) in [5.41, 5.74) is 9.27. The fraction of sp³-hybridized carbons (Fsp3) is 0.360. The lowest BCUT2D eigenvalue weighted by Crippen LogP contribution is -2.57. The molecule has 3 N–H and O–H groups in total. The van der Waals surface area contributed by atoms with Crippen LogP contribution in [0, 0.1) is 33.1 Å². The SMILES string of the molecule is COC(=O)C[C@@H]1N=C(c2ccc(-c3ccc(C(=O)N[C@H](C(=O)N4C[C@H](O)C[C@H]4C(=O)N[C@@H](C)c4ccc(-c5scnc5C)cc4)C(C)(C)C)c(Cl)c3)cc2)c2c(sc(C)c2C)-n2c(C)nnc21. The first-order valence-electron chi connectivity index (χ1n) is 22.0. The van der Waals surface area contributed by atoms with Crippen molar-refractivity contribution in [2.24, 2.45) is 10.4 Å². The van der Waals surface area contributed by atoms with Crippen molar-refractivity contribution in [2.75, 3.05) is 13.7 Å². The summed E-state index contributed by atoms with van der Waals surface area (Å²) in [7, 11) is 1.35. The summed E-state index contributed by atoms with van der Waals surface area (Å²) < 4.78 is 7.02. The molecule has 0 radical (unpaired) electrons. The number of thiophene rings is 1. The molecule has 1 saturated heterocycles. The molecular weight excluding hydrogens is 908 g/mol. The van der Waals surface area contributed by atoms with Crippen LogP contribution in [0.5, 0.6) is 0 Å². The fourth-order valence-electron chi connectivity index (χ4n) is 8.69. The number of esters is 1. The molecule has 0 spiro atoms. The van der Waals surface area contributed by atoms with Crippen molar-refractivity contribution < 1.29 is 29.0 Å². The number of aromatic nitrogens is 4. The summed E-state index contributed by atoms with van der Waals surface area (Å²) in [4.78, 5) is 67.9. The third-order valence-corrected chi connectivity index (χ3v) is 15.0. The highest BCUT2D eigenvalue weighted by Crippen LogP contribution is 2.40. The second-order valence-corrected chi connectivity index (χ2v) is 20.7. The van der Waals surface area contributed by atoms with Gasteiger partial charge in [-0.2, -0.15) is 0 Å². The number of benzene rings is 3. The standard InChI is InChI=1S/C50H53ClN8O6S2/c1-25-28(4)67-49-41(25)42(54-38(22-40(61)65-9)45-57-56-29(5)59(45)49)32-14-12-31(13-15-32)34-18-19-36(37(51)20-34)46(62)55-44(50(6,7)8)48(64)58-23-35(60)21-39(58)47(63)53-26(2)30-10-16-33(17-11-30)43-27(3)52-24-66-43/h10-20,24,26,35,38-39,44,60H,21-23H2,1-9H3,(H,53,63)(H,55,62)/t26-,35+,38-,39-,44+/m0/s1. The first-order chi connectivity index (χ1) is 31.8. The molecule has 8 rings (SSSR count). The van der Waals surface area contributed by atoms with Gasteiger partial charge in [0.1, 0.15) is 29.0 Å². The first kappa shape index (κ1) is 47.4. The number of likely N-dealkylation sites (tertiary alicyclic amines) is 1. The quantitative estimate of drug-likeness (QED) is 0.107. The van der Waals surface area contributed by atoms with E-state index in [0.717, 1.165) is 65.1 Å². The van der Waals surface area contributed by atoms with Gasteiger partial charge in [-0.3, -0.25) is 28.7 Å². The number of aryl methyl sites for hydroxylation is 3. The smallest absolute Gasteiger partial charge is 0.308 e. The number of rotatable bonds is 11. The van der Waals surface area contributed by atoms with Gasteiger partial charge in [-0.05, 0) is 80.0 Å². The molecule has 348 valence electrons. The molecule has 0 aliphatic carbocycles. The molecule has 14 nitrogen and oxygen atoms in total. The second kappa shape index (κ2) is 18.9. The van der Waals surface area contributed by atoms with Gasteiger partial charge in [-0.1, -0.05) is 87.0 Å². The van der Waals surface area contributed by atoms with Crippen LogP contribution < -0.4 is 10.6 Å². The number of ether oxygens (including phenoxy) is 1. The largest absolute Gasteiger partial charge is 0.469 e. The predicted molar refractivity (Wildman–Crippen MR) is 261 cm³/mol. The Hall–Kier alpha value is -6.07. The molecule has 2 aliphatic rings. The molecule has 0 bridgehead atoms. The van der Waals surface area contributed by atoms with E-state index in [1.807, 2.05) is 100 Å². The van der Waals surface area contributed by atoms with E-state index in [0.29, 0.717) is 11.6 Å². The highest BCUT2D eigenvalue weighted by atomic mass is 35.5. The predicted octanol–water partition coefficient (Wildman–Crippen LogP) is 8.45. The topological polar surface area (TPSA) is 181 Å². The van der Waals surface area contributed by atoms with Crippen LogP contribution in [0.25, 0.3) is 26.6 Å². The van der Waals surface area contributed by atoms with Crippen molar-refractivity contribution in [3.63, 3.8) is 0 Å². The number of aliphatic hydroxyl groups excluding tert-OH is 1. The van der Waals surface area contributed by atoms with Crippen molar-refractivity contribution in [1.29, 1.82) is 0 Å². The maximum atomic E-state index is 14.4. The van der Waals surface area contributed by atoms with E-state index < -0.39 is 53.3 Å². The van der Waals surface area contributed by atoms with Crippen molar-refractivity contribution >= 4 is 63.7 Å². The van der Waals surface area contributed by atoms with E-state index in [-0.39, 0.29) is 36.0 Å². The Balaban J connectivity index is 0.983. The number of methoxy groups -OCH3 is 1. The normalized spacial score (nSPS) is 17.7. The first-order valence-corrected chi connectivity index (χ1v) is 24.1. The van der Waals surface area contributed by atoms with Gasteiger partial charge in [-0.25, -0.2) is 4.98 Å². The molecule has 1 fully saturated rings. The number of carbonyl (C=O) groups excluding carboxylic acids is 4. The van der Waals surface area contributed by atoms with Crippen LogP contribution in [0.3, 0.4) is 0 Å². The molecule has 3 aromatic heterocycles. The number of thiazole rings is 1. The number of aliphatic imine (C=N–C) groups is 1. The summed E-state index contributed by atoms with van der Waals surface area (Å²) in [5.74, 6) is -0.564. The lowest BCUT2D eigenvalue weighted by Gasteiger charge is -2.35. The third kappa shape index (κ3) is 9.44. The number of halogens is 1. The molecular formula is C50H53ClN8O6S2. The summed E-state index contributed by atoms with van der Waals surface area (Å²) in [6, 6.07) is 17.9. The number of fused-ring (bicyclic) bond motifs is 3. The van der Waals surface area contributed by atoms with Gasteiger partial charge in [0, 0.05) is 29.0 Å². The molecule has 3 amide bonds. The number of β-amino-alcohol motifs (C(OH)–C–C–N with tert-alkyl or cyclic N) is 1. The summed E-state index contributed by atoms with van der Waals surface area (Å²) in [6.07, 6.45) is -0.855. The maximum absolute atomic E-state index is 14.4. The van der Waals surface area contributed by atoms with E-state index in [2.05, 4.69) is 39.7 Å². The molecule has 67 heavy (non-hydrogen) atoms. The van der Waals surface area contributed by atoms with E-state index >= 15 is 0 Å². The number of carbonyl (C=O) groups is 4. The Morgan fingerprint density at radius 3 is 2.24 bits per heavy atom. The molecule has 17 heteroatoms. The average Bonchev–Trinajstić information content (AvgIpc) is 4.07. The number of nitrogens with one attached hydrogen (secondary N) is 2. The Bertz CT molecular complexity index is 2920. The van der Waals surface area contributed by atoms with Gasteiger partial charge >= 0.3 is 5.97 Å². The summed E-state index contributed by atoms with van der Waals surface area (Å²) >= 11 is 10.0. The highest BCUT2D eigenvalue weighted by molar-refractivity contribution is 7.15. The fourth-order valence-corrected chi connectivity index (χ4v) is 11.0. The Kier molecular flexibility index (Phi) is 13.4. The van der Waals surface area contributed by atoms with Gasteiger partial charge < -0.3 is 25.4 Å². The Morgan fingerprint density at radius 2 is 1.60 bits per heavy atom. The Morgan fingerprint density at radius 1 is 0.925 bits per heavy atom. The van der Waals surface area contributed by atoms with E-state index in [9.17, 15) is 24.3 Å². The molecule has 0 saturated carbocycles. The van der Waals surface area contributed by atoms with Gasteiger partial charge in [0.15, 0.2) is 5.82 Å². The van der Waals surface area contributed by atoms with Gasteiger partial charge in [0.2, 0.25) is 11.8 Å². The number of aliphatic hydroxyl groups is 1. The zero-order valence-electron chi connectivity index (χ0n) is 38.8. The molecule has 6 aromatic rings. The zero-order chi connectivity index (χ0) is 48.1. The van der Waals surface area contributed by atoms with Crippen LogP contribution in [-0.4, -0.2) is 91.0 Å². The number of hydrogen-bond acceptors (Lipinski definition) is 12. The van der Waals surface area contributed by atoms with Crippen LogP contribution >= 0.6 is 34.3 Å². The van der Waals surface area contributed by atoms with Gasteiger partial charge in [-0.15, -0.1) is 32.9 Å². The lowest BCUT2D eigenvalue weighted by molar-refractivity contribution is -0.142. The minimum atomic E-state index is -1.06. The van der Waals surface area contributed by atoms with Crippen molar-refractivity contribution in [3.8, 4) is 26.6 Å². The molecule has 0 unspecified atom stereocenters. The van der Waals surface area contributed by atoms with Crippen LogP contribution in [0.2, 0.25) is 5.02 Å². The minimum Gasteiger partial charge on any atom is -0.469 e. The maximum Gasteiger partial charge on any atom is 0.308 e. The lowest BCUT2D eigenvalue weighted by atomic mass is 9.85. The van der Waals surface area contributed by atoms with Crippen molar-refractivity contribution in [1.82, 2.24) is 35.3 Å². The van der Waals surface area contributed by atoms with Crippen LogP contribution in [0.1, 0.15) is 107 Å². The summed E-state index contributed by atoms with van der Waals surface area (Å²) in [5, 5.41) is 26.6. The molecule has 3 aromatic carbocycles. The van der Waals surface area contributed by atoms with Gasteiger partial charge in [0.05, 0.1) is 58.1 Å². The van der Waals surface area contributed by atoms with Gasteiger partial charge in [0.25, 0.3) is 5.91 Å². The van der Waals surface area contributed by atoms with E-state index in [4.69, 9.17) is 21.3 Å². The van der Waals surface area contributed by atoms with Crippen LogP contribution in [-0.2, 0) is 19.1 Å². The summed E-state index contributed by atoms with van der Waals surface area (Å²) in [6.45, 7) is 15.3. The number of hydrogen-bond donors (Lipinski definition) is 3. The van der Waals surface area contributed by atoms with Crippen molar-refractivity contribution in [3.05, 3.63) is 127 Å². The third-order valence-electron chi connectivity index (χ3n) is 12.6. The molecule has 5 heterocycles. The molecule has 5 atom stereocenters. The van der Waals surface area contributed by atoms with Crippen LogP contribution in [0.15, 0.2) is 77.2 Å². The number of nitrogens with zero attached hydrogens (tertiary/aromatic N) is 6. The second-order valence-electron chi connectivity index (χ2n) is 18.2. The monoisotopic (exact) mass is 960 g/mol. The van der Waals surface area contributed by atoms with Crippen molar-refractivity contribution in [2.45, 2.75) is 98.5 Å². The van der Waals surface area contributed by atoms with E-state index in [1.165, 1.54) is 12.0 Å². The zero-order valence-corrected chi connectivity index (χ0v) is 41.2. The minimum absolute atomic E-state index is 0.00373. The van der Waals surface area contributed by atoms with E-state index in [1.54, 1.807) is 40.9 Å². The van der Waals surface area contributed by atoms with Crippen LogP contribution in [0.4, 0.5) is 0 Å². The molecule has 2 aliphatic heterocycles. The number of amides is 3. The average molecular weight is 962 g/mol. The Labute approximate surface area is 402 Å².